The Morgan fingerprint density at radius 2 is 2.14 bits per heavy atom. The number of hydrogen-bond acceptors (Lipinski definition) is 7. The monoisotopic (exact) mass is 386 g/mol. The summed E-state index contributed by atoms with van der Waals surface area (Å²) in [7, 11) is 0. The fourth-order valence-corrected chi connectivity index (χ4v) is 2.98. The fraction of sp³-hybridized carbons (Fsp3) is 0.286. The molecule has 0 bridgehead atoms. The second-order valence-electron chi connectivity index (χ2n) is 7.32. The van der Waals surface area contributed by atoms with E-state index in [1.165, 1.54) is 6.20 Å². The SMILES string of the molecule is CC(C)Nc1cc(-n2ncc3cc(C#N)cnc32)ncc1C(C=NC1CC1)=CN. The molecule has 3 aromatic rings. The van der Waals surface area contributed by atoms with Crippen LogP contribution in [0.1, 0.15) is 37.8 Å². The van der Waals surface area contributed by atoms with Gasteiger partial charge in [-0.25, -0.2) is 9.97 Å². The molecule has 0 spiro atoms. The van der Waals surface area contributed by atoms with Crippen LogP contribution in [0.2, 0.25) is 0 Å². The summed E-state index contributed by atoms with van der Waals surface area (Å²) in [5, 5.41) is 17.7. The summed E-state index contributed by atoms with van der Waals surface area (Å²) < 4.78 is 1.66. The molecule has 29 heavy (non-hydrogen) atoms. The highest BCUT2D eigenvalue weighted by Crippen LogP contribution is 2.28. The van der Waals surface area contributed by atoms with Crippen LogP contribution >= 0.6 is 0 Å². The number of aliphatic imine (C=N–C) groups is 1. The van der Waals surface area contributed by atoms with Crippen molar-refractivity contribution in [2.24, 2.45) is 10.7 Å². The molecule has 0 aromatic carbocycles. The highest BCUT2D eigenvalue weighted by Gasteiger charge is 2.20. The second kappa shape index (κ2) is 7.72. The van der Waals surface area contributed by atoms with E-state index in [1.807, 2.05) is 12.3 Å². The second-order valence-corrected chi connectivity index (χ2v) is 7.32. The smallest absolute Gasteiger partial charge is 0.164 e. The van der Waals surface area contributed by atoms with Crippen LogP contribution < -0.4 is 11.1 Å². The summed E-state index contributed by atoms with van der Waals surface area (Å²) in [4.78, 5) is 13.5. The zero-order valence-corrected chi connectivity index (χ0v) is 16.4. The first-order chi connectivity index (χ1) is 14.1. The first-order valence-corrected chi connectivity index (χ1v) is 9.55. The Morgan fingerprint density at radius 1 is 1.31 bits per heavy atom. The standard InChI is InChI=1S/C21H22N8/c1-13(2)28-19-6-20(25-12-18(19)16(8-23)10-24-17-3-4-17)29-21-15(11-27-29)5-14(7-22)9-26-21/h5-6,8-13,17H,3-4,23H2,1-2H3,(H,25,28). The molecule has 1 aliphatic rings. The predicted octanol–water partition coefficient (Wildman–Crippen LogP) is 3.04. The highest BCUT2D eigenvalue weighted by molar-refractivity contribution is 6.11. The minimum atomic E-state index is 0.217. The van der Waals surface area contributed by atoms with E-state index in [1.54, 1.807) is 29.3 Å². The van der Waals surface area contributed by atoms with Crippen molar-refractivity contribution in [3.05, 3.63) is 48.1 Å². The third kappa shape index (κ3) is 3.94. The molecule has 8 heteroatoms. The van der Waals surface area contributed by atoms with Gasteiger partial charge in [0, 0.05) is 59.1 Å². The van der Waals surface area contributed by atoms with E-state index in [-0.39, 0.29) is 6.04 Å². The normalized spacial score (nSPS) is 14.6. The zero-order chi connectivity index (χ0) is 20.4. The van der Waals surface area contributed by atoms with E-state index >= 15 is 0 Å². The number of hydrogen-bond donors (Lipinski definition) is 2. The van der Waals surface area contributed by atoms with Gasteiger partial charge in [-0.15, -0.1) is 0 Å². The zero-order valence-electron chi connectivity index (χ0n) is 16.4. The molecule has 0 saturated heterocycles. The van der Waals surface area contributed by atoms with Gasteiger partial charge in [-0.3, -0.25) is 4.99 Å². The van der Waals surface area contributed by atoms with E-state index in [4.69, 9.17) is 11.0 Å². The minimum absolute atomic E-state index is 0.217. The lowest BCUT2D eigenvalue weighted by Crippen LogP contribution is -2.13. The number of pyridine rings is 2. The van der Waals surface area contributed by atoms with Crippen molar-refractivity contribution in [3.8, 4) is 11.9 Å². The summed E-state index contributed by atoms with van der Waals surface area (Å²) in [5.41, 5.74) is 9.61. The number of fused-ring (bicyclic) bond motifs is 1. The molecule has 0 radical (unpaired) electrons. The van der Waals surface area contributed by atoms with Crippen molar-refractivity contribution < 1.29 is 0 Å². The molecule has 1 saturated carbocycles. The number of aromatic nitrogens is 4. The number of allylic oxidation sites excluding steroid dienone is 1. The van der Waals surface area contributed by atoms with Crippen molar-refractivity contribution in [1.82, 2.24) is 19.7 Å². The van der Waals surface area contributed by atoms with Crippen LogP contribution in [0.25, 0.3) is 22.4 Å². The van der Waals surface area contributed by atoms with Crippen LogP contribution in [0, 0.1) is 11.3 Å². The molecule has 4 rings (SSSR count). The maximum absolute atomic E-state index is 9.06. The molecule has 8 nitrogen and oxygen atoms in total. The maximum Gasteiger partial charge on any atom is 0.164 e. The first-order valence-electron chi connectivity index (χ1n) is 9.55. The van der Waals surface area contributed by atoms with Gasteiger partial charge in [0.25, 0.3) is 0 Å². The van der Waals surface area contributed by atoms with Gasteiger partial charge in [-0.2, -0.15) is 15.0 Å². The molecule has 3 N–H and O–H groups in total. The van der Waals surface area contributed by atoms with Crippen molar-refractivity contribution in [3.63, 3.8) is 0 Å². The van der Waals surface area contributed by atoms with Crippen molar-refractivity contribution >= 4 is 28.5 Å². The van der Waals surface area contributed by atoms with E-state index in [9.17, 15) is 0 Å². The summed E-state index contributed by atoms with van der Waals surface area (Å²) in [6, 6.07) is 6.41. The predicted molar refractivity (Wildman–Crippen MR) is 114 cm³/mol. The van der Waals surface area contributed by atoms with Crippen LogP contribution in [0.4, 0.5) is 5.69 Å². The Morgan fingerprint density at radius 3 is 2.83 bits per heavy atom. The van der Waals surface area contributed by atoms with Crippen LogP contribution in [0.15, 0.2) is 41.9 Å². The molecule has 1 fully saturated rings. The number of nitrogens with two attached hydrogens (primary N) is 1. The largest absolute Gasteiger partial charge is 0.404 e. The highest BCUT2D eigenvalue weighted by atomic mass is 15.3. The molecule has 0 atom stereocenters. The third-order valence-corrected chi connectivity index (χ3v) is 4.55. The molecule has 3 heterocycles. The summed E-state index contributed by atoms with van der Waals surface area (Å²) in [5.74, 6) is 0.625. The lowest BCUT2D eigenvalue weighted by molar-refractivity contribution is 0.857. The molecule has 3 aromatic heterocycles. The summed E-state index contributed by atoms with van der Waals surface area (Å²) in [6.45, 7) is 4.14. The van der Waals surface area contributed by atoms with Gasteiger partial charge in [0.15, 0.2) is 11.5 Å². The van der Waals surface area contributed by atoms with Gasteiger partial charge in [-0.05, 0) is 32.8 Å². The van der Waals surface area contributed by atoms with Crippen molar-refractivity contribution in [2.45, 2.75) is 38.8 Å². The van der Waals surface area contributed by atoms with E-state index < -0.39 is 0 Å². The average molecular weight is 386 g/mol. The third-order valence-electron chi connectivity index (χ3n) is 4.55. The van der Waals surface area contributed by atoms with Gasteiger partial charge in [0.1, 0.15) is 6.07 Å². The molecule has 0 unspecified atom stereocenters. The lowest BCUT2D eigenvalue weighted by atomic mass is 10.1. The van der Waals surface area contributed by atoms with Gasteiger partial charge in [0.2, 0.25) is 0 Å². The average Bonchev–Trinajstić information content (AvgIpc) is 3.45. The van der Waals surface area contributed by atoms with Crippen molar-refractivity contribution in [2.75, 3.05) is 5.32 Å². The summed E-state index contributed by atoms with van der Waals surface area (Å²) in [6.07, 6.45) is 10.6. The van der Waals surface area contributed by atoms with Crippen molar-refractivity contribution in [1.29, 1.82) is 5.26 Å². The van der Waals surface area contributed by atoms with E-state index in [0.717, 1.165) is 35.1 Å². The van der Waals surface area contributed by atoms with Crippen LogP contribution in [0.3, 0.4) is 0 Å². The quantitative estimate of drug-likeness (QED) is 0.629. The Kier molecular flexibility index (Phi) is 4.96. The summed E-state index contributed by atoms with van der Waals surface area (Å²) >= 11 is 0. The maximum atomic E-state index is 9.06. The molecular formula is C21H22N8. The molecule has 0 aliphatic heterocycles. The van der Waals surface area contributed by atoms with Crippen LogP contribution in [-0.2, 0) is 0 Å². The topological polar surface area (TPSA) is 118 Å². The van der Waals surface area contributed by atoms with Crippen LogP contribution in [-0.4, -0.2) is 38.0 Å². The number of nitrogens with one attached hydrogen (secondary N) is 1. The Labute approximate surface area is 168 Å². The fourth-order valence-electron chi connectivity index (χ4n) is 2.98. The van der Waals surface area contributed by atoms with Gasteiger partial charge in [0.05, 0.1) is 17.8 Å². The Bertz CT molecular complexity index is 1150. The number of rotatable bonds is 6. The Hall–Kier alpha value is -3.73. The number of nitriles is 1. The van der Waals surface area contributed by atoms with Gasteiger partial charge >= 0.3 is 0 Å². The molecule has 146 valence electrons. The van der Waals surface area contributed by atoms with Gasteiger partial charge < -0.3 is 11.1 Å². The van der Waals surface area contributed by atoms with Gasteiger partial charge in [-0.1, -0.05) is 0 Å². The lowest BCUT2D eigenvalue weighted by Gasteiger charge is -2.16. The molecule has 1 aliphatic carbocycles. The first kappa shape index (κ1) is 18.6. The number of anilines is 1. The Balaban J connectivity index is 1.77. The molecular weight excluding hydrogens is 364 g/mol. The van der Waals surface area contributed by atoms with Crippen LogP contribution in [0.5, 0.6) is 0 Å². The van der Waals surface area contributed by atoms with E-state index in [0.29, 0.717) is 23.1 Å². The minimum Gasteiger partial charge on any atom is -0.404 e. The molecule has 0 amide bonds. The number of nitrogens with zero attached hydrogens (tertiary/aromatic N) is 6. The van der Waals surface area contributed by atoms with E-state index in [2.05, 4.69) is 45.3 Å².